The van der Waals surface area contributed by atoms with E-state index in [0.29, 0.717) is 21.3 Å². The van der Waals surface area contributed by atoms with E-state index in [-0.39, 0.29) is 53.3 Å². The van der Waals surface area contributed by atoms with E-state index in [0.717, 1.165) is 4.90 Å². The van der Waals surface area contributed by atoms with E-state index in [2.05, 4.69) is 26.0 Å². The smallest absolute Gasteiger partial charge is 0.373 e. The van der Waals surface area contributed by atoms with Crippen LogP contribution in [-0.2, 0) is 22.7 Å². The monoisotopic (exact) mass is 632 g/mol. The third-order valence-electron chi connectivity index (χ3n) is 5.66. The highest BCUT2D eigenvalue weighted by Gasteiger charge is 2.35. The Bertz CT molecular complexity index is 1510. The van der Waals surface area contributed by atoms with Gasteiger partial charge in [-0.05, 0) is 70.4 Å². The first kappa shape index (κ1) is 28.7. The van der Waals surface area contributed by atoms with Crippen LogP contribution in [0.15, 0.2) is 57.1 Å². The molecular formula is C27H22BrClN2O9. The SMILES string of the molecule is CCOc1cc(/C=C2\NC(=O)N(Cc3ccc(C(=O)OC)o3)C2=O)c(Br)c(Cl)c1OCc1ccc(C(=O)O)cc1. The van der Waals surface area contributed by atoms with Crippen LogP contribution in [0.1, 0.15) is 44.7 Å². The minimum absolute atomic E-state index is 0.0175. The van der Waals surface area contributed by atoms with Crippen molar-refractivity contribution in [2.45, 2.75) is 20.1 Å². The number of ether oxygens (including phenoxy) is 3. The van der Waals surface area contributed by atoms with Gasteiger partial charge in [0.2, 0.25) is 5.76 Å². The minimum atomic E-state index is -1.03. The lowest BCUT2D eigenvalue weighted by molar-refractivity contribution is -0.123. The van der Waals surface area contributed by atoms with E-state index < -0.39 is 23.9 Å². The van der Waals surface area contributed by atoms with Crippen molar-refractivity contribution >= 4 is 57.5 Å². The van der Waals surface area contributed by atoms with Gasteiger partial charge in [-0.2, -0.15) is 0 Å². The van der Waals surface area contributed by atoms with Crippen molar-refractivity contribution in [3.05, 3.63) is 85.9 Å². The van der Waals surface area contributed by atoms with Crippen LogP contribution in [0.5, 0.6) is 11.5 Å². The van der Waals surface area contributed by atoms with Gasteiger partial charge in [0.1, 0.15) is 23.1 Å². The van der Waals surface area contributed by atoms with E-state index in [4.69, 9.17) is 30.6 Å². The average molecular weight is 634 g/mol. The molecule has 4 rings (SSSR count). The standard InChI is InChI=1S/C27H22BrClN2O9/c1-3-38-20-11-16(21(28)22(29)23(20)39-13-14-4-6-15(7-5-14)25(33)34)10-18-24(32)31(27(36)30-18)12-17-8-9-19(40-17)26(35)37-2/h4-11H,3,12-13H2,1-2H3,(H,30,36)(H,33,34)/b18-10-. The maximum absolute atomic E-state index is 13.0. The number of imide groups is 1. The first-order valence-electron chi connectivity index (χ1n) is 11.7. The number of hydrogen-bond donors (Lipinski definition) is 2. The molecule has 3 amide bonds. The van der Waals surface area contributed by atoms with Gasteiger partial charge in [-0.3, -0.25) is 9.69 Å². The molecule has 1 aliphatic rings. The number of aromatic carboxylic acids is 1. The summed E-state index contributed by atoms with van der Waals surface area (Å²) in [5.74, 6) is -1.64. The second-order valence-electron chi connectivity index (χ2n) is 8.28. The normalized spacial score (nSPS) is 13.9. The van der Waals surface area contributed by atoms with Gasteiger partial charge >= 0.3 is 18.0 Å². The van der Waals surface area contributed by atoms with Crippen molar-refractivity contribution in [3.8, 4) is 11.5 Å². The van der Waals surface area contributed by atoms with Gasteiger partial charge in [-0.25, -0.2) is 14.4 Å². The topological polar surface area (TPSA) is 145 Å². The van der Waals surface area contributed by atoms with E-state index in [1.165, 1.54) is 37.5 Å². The molecule has 40 heavy (non-hydrogen) atoms. The number of furan rings is 1. The van der Waals surface area contributed by atoms with Gasteiger partial charge in [0.25, 0.3) is 5.91 Å². The van der Waals surface area contributed by atoms with Crippen LogP contribution in [0.25, 0.3) is 6.08 Å². The number of amides is 3. The number of rotatable bonds is 10. The number of carbonyl (C=O) groups is 4. The molecule has 13 heteroatoms. The number of carboxylic acids is 1. The summed E-state index contributed by atoms with van der Waals surface area (Å²) in [5.41, 5.74) is 1.28. The number of nitrogens with zero attached hydrogens (tertiary/aromatic N) is 1. The van der Waals surface area contributed by atoms with Crippen molar-refractivity contribution < 1.29 is 42.9 Å². The fraction of sp³-hybridized carbons (Fsp3) is 0.185. The number of carbonyl (C=O) groups excluding carboxylic acids is 3. The molecule has 2 heterocycles. The molecule has 2 aromatic carbocycles. The second kappa shape index (κ2) is 12.3. The maximum Gasteiger partial charge on any atom is 0.373 e. The first-order chi connectivity index (χ1) is 19.1. The summed E-state index contributed by atoms with van der Waals surface area (Å²) in [4.78, 5) is 49.2. The number of urea groups is 1. The van der Waals surface area contributed by atoms with Crippen molar-refractivity contribution in [1.82, 2.24) is 10.2 Å². The Morgan fingerprint density at radius 3 is 2.52 bits per heavy atom. The Balaban J connectivity index is 1.56. The maximum atomic E-state index is 13.0. The molecule has 2 N–H and O–H groups in total. The predicted octanol–water partition coefficient (Wildman–Crippen LogP) is 5.25. The van der Waals surface area contributed by atoms with Crippen LogP contribution in [-0.4, -0.2) is 47.6 Å². The van der Waals surface area contributed by atoms with Gasteiger partial charge < -0.3 is 29.1 Å². The number of nitrogens with one attached hydrogen (secondary N) is 1. The van der Waals surface area contributed by atoms with Gasteiger partial charge in [-0.1, -0.05) is 23.7 Å². The molecule has 11 nitrogen and oxygen atoms in total. The van der Waals surface area contributed by atoms with Gasteiger partial charge in [-0.15, -0.1) is 0 Å². The molecule has 0 bridgehead atoms. The number of carboxylic acid groups (broad SMARTS) is 1. The van der Waals surface area contributed by atoms with E-state index in [1.807, 2.05) is 0 Å². The molecule has 3 aromatic rings. The summed E-state index contributed by atoms with van der Waals surface area (Å²) >= 11 is 10.0. The Hall–Kier alpha value is -4.29. The van der Waals surface area contributed by atoms with Gasteiger partial charge in [0, 0.05) is 4.47 Å². The number of benzene rings is 2. The lowest BCUT2D eigenvalue weighted by atomic mass is 10.1. The molecule has 0 unspecified atom stereocenters. The molecule has 0 saturated carbocycles. The highest BCUT2D eigenvalue weighted by molar-refractivity contribution is 9.10. The second-order valence-corrected chi connectivity index (χ2v) is 9.45. The lowest BCUT2D eigenvalue weighted by Gasteiger charge is -2.16. The fourth-order valence-corrected chi connectivity index (χ4v) is 4.37. The zero-order valence-electron chi connectivity index (χ0n) is 21.2. The molecule has 1 fully saturated rings. The molecule has 1 aliphatic heterocycles. The number of methoxy groups -OCH3 is 1. The molecule has 1 aromatic heterocycles. The Morgan fingerprint density at radius 2 is 1.88 bits per heavy atom. The minimum Gasteiger partial charge on any atom is -0.490 e. The molecule has 1 saturated heterocycles. The lowest BCUT2D eigenvalue weighted by Crippen LogP contribution is -2.30. The number of esters is 1. The highest BCUT2D eigenvalue weighted by atomic mass is 79.9. The molecular weight excluding hydrogens is 612 g/mol. The molecule has 0 aliphatic carbocycles. The van der Waals surface area contributed by atoms with E-state index in [1.54, 1.807) is 25.1 Å². The number of halogens is 2. The van der Waals surface area contributed by atoms with Crippen molar-refractivity contribution in [1.29, 1.82) is 0 Å². The third kappa shape index (κ3) is 6.13. The highest BCUT2D eigenvalue weighted by Crippen LogP contribution is 2.44. The molecule has 0 radical (unpaired) electrons. The summed E-state index contributed by atoms with van der Waals surface area (Å²) in [7, 11) is 1.21. The van der Waals surface area contributed by atoms with Crippen LogP contribution in [0.2, 0.25) is 5.02 Å². The van der Waals surface area contributed by atoms with Crippen molar-refractivity contribution in [2.75, 3.05) is 13.7 Å². The molecule has 0 spiro atoms. The zero-order chi connectivity index (χ0) is 29.0. The zero-order valence-corrected chi connectivity index (χ0v) is 23.5. The third-order valence-corrected chi connectivity index (χ3v) is 7.11. The van der Waals surface area contributed by atoms with Crippen LogP contribution < -0.4 is 14.8 Å². The summed E-state index contributed by atoms with van der Waals surface area (Å²) in [6, 6.07) is 9.99. The van der Waals surface area contributed by atoms with E-state index >= 15 is 0 Å². The summed E-state index contributed by atoms with van der Waals surface area (Å²) in [6.45, 7) is 1.95. The van der Waals surface area contributed by atoms with Crippen LogP contribution >= 0.6 is 27.5 Å². The first-order valence-corrected chi connectivity index (χ1v) is 12.9. The van der Waals surface area contributed by atoms with Crippen LogP contribution in [0.4, 0.5) is 4.79 Å². The van der Waals surface area contributed by atoms with Crippen molar-refractivity contribution in [3.63, 3.8) is 0 Å². The quantitative estimate of drug-likeness (QED) is 0.174. The molecule has 208 valence electrons. The van der Waals surface area contributed by atoms with Gasteiger partial charge in [0.05, 0.1) is 25.8 Å². The van der Waals surface area contributed by atoms with Crippen LogP contribution in [0, 0.1) is 0 Å². The Morgan fingerprint density at radius 1 is 1.15 bits per heavy atom. The summed E-state index contributed by atoms with van der Waals surface area (Å²) in [6.07, 6.45) is 1.44. The average Bonchev–Trinajstić information content (AvgIpc) is 3.51. The number of hydrogen-bond acceptors (Lipinski definition) is 8. The van der Waals surface area contributed by atoms with Gasteiger partial charge in [0.15, 0.2) is 11.5 Å². The largest absolute Gasteiger partial charge is 0.490 e. The van der Waals surface area contributed by atoms with E-state index in [9.17, 15) is 19.2 Å². The summed E-state index contributed by atoms with van der Waals surface area (Å²) < 4.78 is 22.0. The molecule has 0 atom stereocenters. The predicted molar refractivity (Wildman–Crippen MR) is 145 cm³/mol. The van der Waals surface area contributed by atoms with Crippen LogP contribution in [0.3, 0.4) is 0 Å². The Labute approximate surface area is 241 Å². The Kier molecular flexibility index (Phi) is 8.80. The summed E-state index contributed by atoms with van der Waals surface area (Å²) in [5, 5.41) is 11.8. The van der Waals surface area contributed by atoms with Crippen molar-refractivity contribution in [2.24, 2.45) is 0 Å². The fourth-order valence-electron chi connectivity index (χ4n) is 3.71.